The van der Waals surface area contributed by atoms with Crippen molar-refractivity contribution in [2.24, 2.45) is 0 Å². The number of hydrogen-bond donors (Lipinski definition) is 2. The summed E-state index contributed by atoms with van der Waals surface area (Å²) in [6, 6.07) is 13.8. The van der Waals surface area contributed by atoms with Gasteiger partial charge in [0.05, 0.1) is 24.9 Å². The largest absolute Gasteiger partial charge is 0.497 e. The van der Waals surface area contributed by atoms with Gasteiger partial charge in [0.1, 0.15) is 12.4 Å². The van der Waals surface area contributed by atoms with Crippen molar-refractivity contribution in [3.8, 4) is 22.6 Å². The lowest BCUT2D eigenvalue weighted by Crippen LogP contribution is -2.39. The second kappa shape index (κ2) is 9.63. The van der Waals surface area contributed by atoms with E-state index in [-0.39, 0.29) is 24.1 Å². The summed E-state index contributed by atoms with van der Waals surface area (Å²) in [5.74, 6) is 1.06. The topological polar surface area (TPSA) is 83.7 Å². The smallest absolute Gasteiger partial charge is 0.255 e. The van der Waals surface area contributed by atoms with Crippen LogP contribution in [-0.4, -0.2) is 37.2 Å². The fraction of sp³-hybridized carbons (Fsp3) is 0.333. The fourth-order valence-electron chi connectivity index (χ4n) is 4.37. The number of pyridine rings is 1. The first-order chi connectivity index (χ1) is 16.3. The number of rotatable bonds is 6. The number of nitrogens with one attached hydrogen (secondary N) is 2. The molecule has 1 aromatic heterocycles. The number of methoxy groups -OCH3 is 1. The molecule has 2 N–H and O–H groups in total. The van der Waals surface area contributed by atoms with Crippen molar-refractivity contribution >= 4 is 11.6 Å². The predicted molar refractivity (Wildman–Crippen MR) is 134 cm³/mol. The number of ether oxygens (including phenoxy) is 2. The molecule has 7 nitrogen and oxygen atoms in total. The van der Waals surface area contributed by atoms with Gasteiger partial charge in [0.2, 0.25) is 0 Å². The highest BCUT2D eigenvalue weighted by atomic mass is 16.5. The number of aromatic nitrogens is 1. The van der Waals surface area contributed by atoms with E-state index in [1.54, 1.807) is 7.11 Å². The third-order valence-corrected chi connectivity index (χ3v) is 6.17. The van der Waals surface area contributed by atoms with Crippen molar-refractivity contribution in [2.45, 2.75) is 40.3 Å². The fourth-order valence-corrected chi connectivity index (χ4v) is 4.37. The first-order valence-electron chi connectivity index (χ1n) is 11.5. The van der Waals surface area contributed by atoms with Gasteiger partial charge in [-0.05, 0) is 74.7 Å². The SMILES string of the molecule is COc1ccc(-c2cc(C(=O)NCc3c(C)cc(C)[nH]c3=O)c3c(c2)N(C(C)C)CCO3)cc1. The number of nitrogens with zero attached hydrogens (tertiary/aromatic N) is 1. The Hall–Kier alpha value is -3.74. The van der Waals surface area contributed by atoms with E-state index in [0.29, 0.717) is 23.5 Å². The van der Waals surface area contributed by atoms with E-state index in [0.717, 1.165) is 40.4 Å². The van der Waals surface area contributed by atoms with Crippen LogP contribution < -0.4 is 25.2 Å². The Bertz CT molecular complexity index is 1260. The molecule has 0 bridgehead atoms. The number of H-pyrrole nitrogens is 1. The second-order valence-electron chi connectivity index (χ2n) is 8.86. The molecule has 0 saturated carbocycles. The van der Waals surface area contributed by atoms with E-state index in [1.807, 2.05) is 50.2 Å². The molecule has 0 fully saturated rings. The lowest BCUT2D eigenvalue weighted by molar-refractivity contribution is 0.0946. The van der Waals surface area contributed by atoms with Gasteiger partial charge in [-0.2, -0.15) is 0 Å². The van der Waals surface area contributed by atoms with Crippen molar-refractivity contribution in [3.63, 3.8) is 0 Å². The minimum atomic E-state index is -0.281. The predicted octanol–water partition coefficient (Wildman–Crippen LogP) is 4.20. The maximum atomic E-state index is 13.4. The first kappa shape index (κ1) is 23.4. The number of aromatic amines is 1. The molecule has 3 aromatic rings. The molecule has 0 unspecified atom stereocenters. The van der Waals surface area contributed by atoms with Crippen molar-refractivity contribution in [3.05, 3.63) is 75.2 Å². The van der Waals surface area contributed by atoms with Crippen LogP contribution >= 0.6 is 0 Å². The van der Waals surface area contributed by atoms with Gasteiger partial charge < -0.3 is 24.7 Å². The molecule has 178 valence electrons. The zero-order valence-corrected chi connectivity index (χ0v) is 20.3. The molecule has 0 spiro atoms. The molecule has 1 amide bonds. The van der Waals surface area contributed by atoms with Crippen molar-refractivity contribution in [1.82, 2.24) is 10.3 Å². The Morgan fingerprint density at radius 1 is 1.15 bits per heavy atom. The average molecular weight is 462 g/mol. The molecular formula is C27H31N3O4. The van der Waals surface area contributed by atoms with Crippen molar-refractivity contribution < 1.29 is 14.3 Å². The number of carbonyl (C=O) groups excluding carboxylic acids is 1. The Labute approximate surface area is 199 Å². The summed E-state index contributed by atoms with van der Waals surface area (Å²) in [7, 11) is 1.63. The molecule has 2 aromatic carbocycles. The average Bonchev–Trinajstić information content (AvgIpc) is 2.82. The molecule has 1 aliphatic heterocycles. The molecule has 7 heteroatoms. The number of aryl methyl sites for hydroxylation is 2. The summed E-state index contributed by atoms with van der Waals surface area (Å²) in [6.07, 6.45) is 0. The van der Waals surface area contributed by atoms with Gasteiger partial charge in [-0.25, -0.2) is 0 Å². The van der Waals surface area contributed by atoms with Gasteiger partial charge in [0, 0.05) is 23.8 Å². The standard InChI is InChI=1S/C27H31N3O4/c1-16(2)30-10-11-34-25-22(26(31)28-15-23-17(3)12-18(4)29-27(23)32)13-20(14-24(25)30)19-6-8-21(33-5)9-7-19/h6-9,12-14,16H,10-11,15H2,1-5H3,(H,28,31)(H,29,32). The van der Waals surface area contributed by atoms with Gasteiger partial charge in [-0.15, -0.1) is 0 Å². The zero-order valence-electron chi connectivity index (χ0n) is 20.3. The van der Waals surface area contributed by atoms with Crippen LogP contribution in [0.3, 0.4) is 0 Å². The highest BCUT2D eigenvalue weighted by Crippen LogP contribution is 2.40. The van der Waals surface area contributed by atoms with E-state index in [2.05, 4.69) is 35.1 Å². The molecule has 0 aliphatic carbocycles. The van der Waals surface area contributed by atoms with E-state index in [1.165, 1.54) is 0 Å². The second-order valence-corrected chi connectivity index (χ2v) is 8.86. The van der Waals surface area contributed by atoms with Gasteiger partial charge in [0.15, 0.2) is 5.75 Å². The molecule has 0 saturated heterocycles. The van der Waals surface area contributed by atoms with Crippen LogP contribution in [0.5, 0.6) is 11.5 Å². The summed E-state index contributed by atoms with van der Waals surface area (Å²) < 4.78 is 11.3. The Morgan fingerprint density at radius 2 is 1.88 bits per heavy atom. The van der Waals surface area contributed by atoms with Crippen LogP contribution in [0.4, 0.5) is 5.69 Å². The van der Waals surface area contributed by atoms with E-state index < -0.39 is 0 Å². The van der Waals surface area contributed by atoms with Gasteiger partial charge >= 0.3 is 0 Å². The number of hydrogen-bond acceptors (Lipinski definition) is 5. The molecule has 0 atom stereocenters. The van der Waals surface area contributed by atoms with Crippen molar-refractivity contribution in [1.29, 1.82) is 0 Å². The molecular weight excluding hydrogens is 430 g/mol. The van der Waals surface area contributed by atoms with Crippen LogP contribution in [0, 0.1) is 13.8 Å². The van der Waals surface area contributed by atoms with Crippen LogP contribution in [0.15, 0.2) is 47.3 Å². The number of carbonyl (C=O) groups is 1. The monoisotopic (exact) mass is 461 g/mol. The summed E-state index contributed by atoms with van der Waals surface area (Å²) >= 11 is 0. The lowest BCUT2D eigenvalue weighted by Gasteiger charge is -2.35. The van der Waals surface area contributed by atoms with Crippen LogP contribution in [0.1, 0.15) is 41.0 Å². The van der Waals surface area contributed by atoms with Gasteiger partial charge in [0.25, 0.3) is 11.5 Å². The third-order valence-electron chi connectivity index (χ3n) is 6.17. The van der Waals surface area contributed by atoms with Crippen molar-refractivity contribution in [2.75, 3.05) is 25.2 Å². The Morgan fingerprint density at radius 3 is 2.53 bits per heavy atom. The molecule has 1 aliphatic rings. The summed E-state index contributed by atoms with van der Waals surface area (Å²) in [5.41, 5.74) is 5.22. The Balaban J connectivity index is 1.73. The third kappa shape index (κ3) is 4.64. The van der Waals surface area contributed by atoms with Crippen LogP contribution in [-0.2, 0) is 6.54 Å². The molecule has 4 rings (SSSR count). The maximum absolute atomic E-state index is 13.4. The summed E-state index contributed by atoms with van der Waals surface area (Å²) in [5, 5.41) is 2.93. The number of amides is 1. The highest BCUT2D eigenvalue weighted by Gasteiger charge is 2.27. The molecule has 2 heterocycles. The first-order valence-corrected chi connectivity index (χ1v) is 11.5. The summed E-state index contributed by atoms with van der Waals surface area (Å²) in [4.78, 5) is 30.9. The zero-order chi connectivity index (χ0) is 24.4. The molecule has 0 radical (unpaired) electrons. The van der Waals surface area contributed by atoms with Gasteiger partial charge in [-0.3, -0.25) is 9.59 Å². The lowest BCUT2D eigenvalue weighted by atomic mass is 9.98. The highest BCUT2D eigenvalue weighted by molar-refractivity contribution is 6.01. The maximum Gasteiger partial charge on any atom is 0.255 e. The molecule has 34 heavy (non-hydrogen) atoms. The number of fused-ring (bicyclic) bond motifs is 1. The summed E-state index contributed by atoms with van der Waals surface area (Å²) in [6.45, 7) is 9.35. The van der Waals surface area contributed by atoms with E-state index >= 15 is 0 Å². The van der Waals surface area contributed by atoms with Gasteiger partial charge in [-0.1, -0.05) is 12.1 Å². The van der Waals surface area contributed by atoms with E-state index in [4.69, 9.17) is 9.47 Å². The Kier molecular flexibility index (Phi) is 6.63. The quantitative estimate of drug-likeness (QED) is 0.575. The number of benzene rings is 2. The minimum Gasteiger partial charge on any atom is -0.497 e. The van der Waals surface area contributed by atoms with E-state index in [9.17, 15) is 9.59 Å². The van der Waals surface area contributed by atoms with Crippen LogP contribution in [0.2, 0.25) is 0 Å². The van der Waals surface area contributed by atoms with Crippen LogP contribution in [0.25, 0.3) is 11.1 Å². The normalized spacial score (nSPS) is 12.8. The minimum absolute atomic E-state index is 0.135. The number of anilines is 1.